The quantitative estimate of drug-likeness (QED) is 0.597. The number of fused-ring (bicyclic) bond motifs is 1. The van der Waals surface area contributed by atoms with Crippen LogP contribution in [-0.2, 0) is 12.8 Å². The molecule has 4 rings (SSSR count). The number of nitrogens with zero attached hydrogens (tertiary/aromatic N) is 1. The first kappa shape index (κ1) is 19.8. The van der Waals surface area contributed by atoms with E-state index in [0.29, 0.717) is 6.04 Å². The van der Waals surface area contributed by atoms with Crippen molar-refractivity contribution < 1.29 is 4.74 Å². The van der Waals surface area contributed by atoms with Gasteiger partial charge in [0.2, 0.25) is 0 Å². The van der Waals surface area contributed by atoms with Crippen molar-refractivity contribution in [3.8, 4) is 5.75 Å². The maximum atomic E-state index is 6.64. The Morgan fingerprint density at radius 2 is 2.11 bits per heavy atom. The Hall–Kier alpha value is -1.52. The van der Waals surface area contributed by atoms with E-state index < -0.39 is 0 Å². The normalized spacial score (nSPS) is 23.7. The monoisotopic (exact) mass is 460 g/mol. The molecule has 1 N–H and O–H groups in total. The molecule has 0 bridgehead atoms. The van der Waals surface area contributed by atoms with Crippen LogP contribution in [0.1, 0.15) is 49.3 Å². The van der Waals surface area contributed by atoms with Crippen LogP contribution >= 0.6 is 27.5 Å². The number of hydrogen-bond donors (Lipinski definition) is 1. The standard InChI is InChI=1S/C23H26BrClN2O/c1-23-13-4-3-8-21(23)26-22(27-23)18-6-5-7-19(25)17(18)11-9-15-14-16(24)10-12-20(15)28-2/h5-7,10,12,14,21H,3-4,8-9,11,13H2,1-2H3,(H,26,27)/t21-,23-/m0/s1. The van der Waals surface area contributed by atoms with E-state index in [2.05, 4.69) is 40.3 Å². The maximum absolute atomic E-state index is 6.64. The first-order valence-electron chi connectivity index (χ1n) is 9.96. The smallest absolute Gasteiger partial charge is 0.129 e. The first-order chi connectivity index (χ1) is 13.5. The number of hydrogen-bond acceptors (Lipinski definition) is 3. The molecule has 1 saturated carbocycles. The molecule has 3 nitrogen and oxygen atoms in total. The molecular formula is C23H26BrClN2O. The van der Waals surface area contributed by atoms with Gasteiger partial charge < -0.3 is 10.1 Å². The average molecular weight is 462 g/mol. The Bertz CT molecular complexity index is 913. The van der Waals surface area contributed by atoms with E-state index in [1.165, 1.54) is 24.8 Å². The minimum atomic E-state index is 0.0840. The van der Waals surface area contributed by atoms with Gasteiger partial charge in [0.25, 0.3) is 0 Å². The van der Waals surface area contributed by atoms with Gasteiger partial charge in [-0.1, -0.05) is 52.5 Å². The van der Waals surface area contributed by atoms with Crippen molar-refractivity contribution in [2.24, 2.45) is 4.99 Å². The fourth-order valence-corrected chi connectivity index (χ4v) is 5.18. The van der Waals surface area contributed by atoms with Gasteiger partial charge in [0.15, 0.2) is 0 Å². The topological polar surface area (TPSA) is 33.6 Å². The minimum Gasteiger partial charge on any atom is -0.496 e. The third kappa shape index (κ3) is 3.81. The van der Waals surface area contributed by atoms with Gasteiger partial charge in [-0.25, -0.2) is 0 Å². The second kappa shape index (κ2) is 8.08. The highest BCUT2D eigenvalue weighted by Crippen LogP contribution is 2.36. The highest BCUT2D eigenvalue weighted by atomic mass is 79.9. The number of aryl methyl sites for hydroxylation is 1. The minimum absolute atomic E-state index is 0.0840. The number of rotatable bonds is 5. The zero-order valence-corrected chi connectivity index (χ0v) is 18.7. The van der Waals surface area contributed by atoms with E-state index in [-0.39, 0.29) is 5.54 Å². The van der Waals surface area contributed by atoms with Crippen molar-refractivity contribution in [3.63, 3.8) is 0 Å². The van der Waals surface area contributed by atoms with Crippen LogP contribution in [-0.4, -0.2) is 24.5 Å². The number of benzene rings is 2. The molecule has 0 amide bonds. The molecule has 28 heavy (non-hydrogen) atoms. The van der Waals surface area contributed by atoms with Crippen molar-refractivity contribution in [1.29, 1.82) is 0 Å². The van der Waals surface area contributed by atoms with Gasteiger partial charge in [-0.05, 0) is 68.0 Å². The van der Waals surface area contributed by atoms with Crippen molar-refractivity contribution in [3.05, 3.63) is 62.6 Å². The Labute approximate surface area is 180 Å². The van der Waals surface area contributed by atoms with Gasteiger partial charge in [0, 0.05) is 15.1 Å². The molecular weight excluding hydrogens is 436 g/mol. The van der Waals surface area contributed by atoms with Crippen LogP contribution < -0.4 is 10.1 Å². The molecule has 0 saturated heterocycles. The van der Waals surface area contributed by atoms with E-state index in [1.54, 1.807) is 7.11 Å². The van der Waals surface area contributed by atoms with E-state index in [1.807, 2.05) is 24.3 Å². The number of aliphatic imine (C=N–C) groups is 1. The number of methoxy groups -OCH3 is 1. The Kier molecular flexibility index (Phi) is 5.71. The summed E-state index contributed by atoms with van der Waals surface area (Å²) in [6, 6.07) is 12.6. The zero-order valence-electron chi connectivity index (χ0n) is 16.4. The summed E-state index contributed by atoms with van der Waals surface area (Å²) < 4.78 is 6.59. The van der Waals surface area contributed by atoms with Crippen LogP contribution in [0, 0.1) is 0 Å². The Morgan fingerprint density at radius 3 is 2.89 bits per heavy atom. The molecule has 1 aliphatic heterocycles. The summed E-state index contributed by atoms with van der Waals surface area (Å²) in [5.41, 5.74) is 3.54. The average Bonchev–Trinajstić information content (AvgIpc) is 3.04. The molecule has 1 fully saturated rings. The van der Waals surface area contributed by atoms with Crippen molar-refractivity contribution in [2.75, 3.05) is 7.11 Å². The third-order valence-corrected chi connectivity index (χ3v) is 6.96. The lowest BCUT2D eigenvalue weighted by Crippen LogP contribution is -2.49. The van der Waals surface area contributed by atoms with Gasteiger partial charge in [0.05, 0.1) is 18.7 Å². The molecule has 5 heteroatoms. The Balaban J connectivity index is 1.62. The number of halogens is 2. The lowest BCUT2D eigenvalue weighted by atomic mass is 9.80. The van der Waals surface area contributed by atoms with Gasteiger partial charge in [-0.2, -0.15) is 0 Å². The number of ether oxygens (including phenoxy) is 1. The molecule has 0 spiro atoms. The van der Waals surface area contributed by atoms with Gasteiger partial charge >= 0.3 is 0 Å². The third-order valence-electron chi connectivity index (χ3n) is 6.11. The second-order valence-electron chi connectivity index (χ2n) is 8.00. The molecule has 0 radical (unpaired) electrons. The zero-order chi connectivity index (χ0) is 19.7. The molecule has 0 unspecified atom stereocenters. The maximum Gasteiger partial charge on any atom is 0.129 e. The molecule has 148 valence electrons. The van der Waals surface area contributed by atoms with Gasteiger partial charge in [0.1, 0.15) is 11.6 Å². The van der Waals surface area contributed by atoms with E-state index in [9.17, 15) is 0 Å². The molecule has 0 aromatic heterocycles. The van der Waals surface area contributed by atoms with Crippen molar-refractivity contribution in [2.45, 2.75) is 57.0 Å². The molecule has 2 aromatic carbocycles. The van der Waals surface area contributed by atoms with E-state index in [0.717, 1.165) is 51.5 Å². The first-order valence-corrected chi connectivity index (χ1v) is 11.1. The molecule has 2 aliphatic rings. The highest BCUT2D eigenvalue weighted by Gasteiger charge is 2.42. The summed E-state index contributed by atoms with van der Waals surface area (Å²) in [5.74, 6) is 1.92. The van der Waals surface area contributed by atoms with Crippen LogP contribution in [0.5, 0.6) is 5.75 Å². The highest BCUT2D eigenvalue weighted by molar-refractivity contribution is 9.10. The summed E-state index contributed by atoms with van der Waals surface area (Å²) in [5, 5.41) is 4.54. The van der Waals surface area contributed by atoms with E-state index >= 15 is 0 Å². The SMILES string of the molecule is COc1ccc(Br)cc1CCc1c(Cl)cccc1C1=N[C@H]2CCCC[C@]2(C)N1. The summed E-state index contributed by atoms with van der Waals surface area (Å²) in [6.45, 7) is 2.31. The van der Waals surface area contributed by atoms with Crippen LogP contribution in [0.4, 0.5) is 0 Å². The molecule has 2 aromatic rings. The lowest BCUT2D eigenvalue weighted by molar-refractivity contribution is 0.270. The van der Waals surface area contributed by atoms with Crippen molar-refractivity contribution in [1.82, 2.24) is 5.32 Å². The Morgan fingerprint density at radius 1 is 1.25 bits per heavy atom. The molecule has 1 aliphatic carbocycles. The summed E-state index contributed by atoms with van der Waals surface area (Å²) >= 11 is 10.2. The van der Waals surface area contributed by atoms with Gasteiger partial charge in [-0.15, -0.1) is 0 Å². The summed E-state index contributed by atoms with van der Waals surface area (Å²) in [4.78, 5) is 5.07. The number of amidine groups is 1. The summed E-state index contributed by atoms with van der Waals surface area (Å²) in [7, 11) is 1.72. The van der Waals surface area contributed by atoms with Gasteiger partial charge in [-0.3, -0.25) is 4.99 Å². The largest absolute Gasteiger partial charge is 0.496 e. The molecule has 2 atom stereocenters. The fourth-order valence-electron chi connectivity index (χ4n) is 4.50. The lowest BCUT2D eigenvalue weighted by Gasteiger charge is -2.35. The van der Waals surface area contributed by atoms with Crippen molar-refractivity contribution >= 4 is 33.4 Å². The van der Waals surface area contributed by atoms with Crippen LogP contribution in [0.15, 0.2) is 45.9 Å². The predicted octanol–water partition coefficient (Wildman–Crippen LogP) is 5.95. The van der Waals surface area contributed by atoms with Crippen LogP contribution in [0.2, 0.25) is 5.02 Å². The van der Waals surface area contributed by atoms with Crippen LogP contribution in [0.3, 0.4) is 0 Å². The number of nitrogens with one attached hydrogen (secondary N) is 1. The fraction of sp³-hybridized carbons (Fsp3) is 0.435. The van der Waals surface area contributed by atoms with Crippen LogP contribution in [0.25, 0.3) is 0 Å². The molecule has 1 heterocycles. The van der Waals surface area contributed by atoms with E-state index in [4.69, 9.17) is 21.3 Å². The predicted molar refractivity (Wildman–Crippen MR) is 120 cm³/mol. The second-order valence-corrected chi connectivity index (χ2v) is 9.33. The summed E-state index contributed by atoms with van der Waals surface area (Å²) in [6.07, 6.45) is 6.57.